The van der Waals surface area contributed by atoms with Gasteiger partial charge in [-0.05, 0) is 12.1 Å². The van der Waals surface area contributed by atoms with E-state index in [0.717, 1.165) is 16.3 Å². The minimum Gasteiger partial charge on any atom is -0.241 e. The number of nitrogens with zero attached hydrogens (tertiary/aromatic N) is 3. The standard InChI is InChI=1S/C12H11N3S3/c1-8(17-12-15-13-7-16-12)6-11-14-9-4-2-3-5-10(9)18-11/h2-5,7-8H,6H2,1H3/t8-/m0/s1. The van der Waals surface area contributed by atoms with E-state index in [1.54, 1.807) is 39.9 Å². The summed E-state index contributed by atoms with van der Waals surface area (Å²) >= 11 is 5.14. The van der Waals surface area contributed by atoms with E-state index in [-0.39, 0.29) is 0 Å². The molecule has 92 valence electrons. The molecule has 0 aliphatic heterocycles. The highest BCUT2D eigenvalue weighted by Crippen LogP contribution is 2.29. The second-order valence-corrected chi connectivity index (χ2v) is 7.55. The average molecular weight is 293 g/mol. The summed E-state index contributed by atoms with van der Waals surface area (Å²) in [5.41, 5.74) is 2.87. The van der Waals surface area contributed by atoms with Gasteiger partial charge in [-0.15, -0.1) is 21.5 Å². The van der Waals surface area contributed by atoms with Crippen LogP contribution >= 0.6 is 34.4 Å². The maximum Gasteiger partial charge on any atom is 0.174 e. The molecular formula is C12H11N3S3. The molecule has 0 unspecified atom stereocenters. The van der Waals surface area contributed by atoms with Crippen LogP contribution in [0.15, 0.2) is 34.1 Å². The van der Waals surface area contributed by atoms with Gasteiger partial charge in [0.25, 0.3) is 0 Å². The normalized spacial score (nSPS) is 12.9. The first-order chi connectivity index (χ1) is 8.81. The lowest BCUT2D eigenvalue weighted by Crippen LogP contribution is -2.00. The molecule has 0 aliphatic carbocycles. The van der Waals surface area contributed by atoms with Crippen molar-refractivity contribution in [3.63, 3.8) is 0 Å². The highest BCUT2D eigenvalue weighted by Gasteiger charge is 2.11. The monoisotopic (exact) mass is 293 g/mol. The molecule has 6 heteroatoms. The molecule has 2 heterocycles. The topological polar surface area (TPSA) is 38.7 Å². The first-order valence-corrected chi connectivity index (χ1v) is 8.16. The Bertz CT molecular complexity index is 600. The molecule has 0 radical (unpaired) electrons. The Labute approximate surface area is 117 Å². The predicted octanol–water partition coefficient (Wildman–Crippen LogP) is 3.87. The summed E-state index contributed by atoms with van der Waals surface area (Å²) < 4.78 is 2.30. The summed E-state index contributed by atoms with van der Waals surface area (Å²) in [5, 5.41) is 9.57. The van der Waals surface area contributed by atoms with Gasteiger partial charge in [0.2, 0.25) is 0 Å². The maximum atomic E-state index is 4.65. The molecule has 0 bridgehead atoms. The second kappa shape index (κ2) is 5.34. The quantitative estimate of drug-likeness (QED) is 0.684. The van der Waals surface area contributed by atoms with Crippen LogP contribution in [0.4, 0.5) is 0 Å². The second-order valence-electron chi connectivity index (χ2n) is 3.91. The predicted molar refractivity (Wildman–Crippen MR) is 78.6 cm³/mol. The zero-order valence-electron chi connectivity index (χ0n) is 9.74. The van der Waals surface area contributed by atoms with Crippen molar-refractivity contribution in [1.82, 2.24) is 15.2 Å². The summed E-state index contributed by atoms with van der Waals surface area (Å²) in [6.07, 6.45) is 0.976. The molecule has 0 spiro atoms. The van der Waals surface area contributed by atoms with Crippen LogP contribution in [0.1, 0.15) is 11.9 Å². The molecule has 3 nitrogen and oxygen atoms in total. The third-order valence-electron chi connectivity index (χ3n) is 2.44. The summed E-state index contributed by atoms with van der Waals surface area (Å²) in [4.78, 5) is 4.65. The van der Waals surface area contributed by atoms with Crippen LogP contribution in [0.5, 0.6) is 0 Å². The Balaban J connectivity index is 1.71. The van der Waals surface area contributed by atoms with E-state index in [9.17, 15) is 0 Å². The molecule has 0 amide bonds. The van der Waals surface area contributed by atoms with Crippen molar-refractivity contribution in [3.8, 4) is 0 Å². The van der Waals surface area contributed by atoms with Crippen molar-refractivity contribution in [2.75, 3.05) is 0 Å². The smallest absolute Gasteiger partial charge is 0.174 e. The van der Waals surface area contributed by atoms with Gasteiger partial charge in [0.05, 0.1) is 15.2 Å². The lowest BCUT2D eigenvalue weighted by Gasteiger charge is -2.05. The zero-order valence-corrected chi connectivity index (χ0v) is 12.2. The van der Waals surface area contributed by atoms with E-state index >= 15 is 0 Å². The highest BCUT2D eigenvalue weighted by atomic mass is 32.2. The van der Waals surface area contributed by atoms with Crippen molar-refractivity contribution in [3.05, 3.63) is 34.8 Å². The molecule has 1 atom stereocenters. The Hall–Kier alpha value is -0.980. The first kappa shape index (κ1) is 12.1. The summed E-state index contributed by atoms with van der Waals surface area (Å²) in [6, 6.07) is 8.28. The maximum absolute atomic E-state index is 4.65. The minimum atomic E-state index is 0.471. The number of para-hydroxylation sites is 1. The number of thiazole rings is 1. The number of hydrogen-bond acceptors (Lipinski definition) is 6. The van der Waals surface area contributed by atoms with E-state index in [1.165, 1.54) is 9.71 Å². The van der Waals surface area contributed by atoms with Gasteiger partial charge in [-0.2, -0.15) is 0 Å². The molecule has 0 N–H and O–H groups in total. The molecule has 18 heavy (non-hydrogen) atoms. The van der Waals surface area contributed by atoms with Gasteiger partial charge in [0.15, 0.2) is 4.34 Å². The van der Waals surface area contributed by atoms with Gasteiger partial charge in [0.1, 0.15) is 5.51 Å². The molecule has 0 saturated carbocycles. The molecular weight excluding hydrogens is 282 g/mol. The Morgan fingerprint density at radius 2 is 2.22 bits per heavy atom. The number of rotatable bonds is 4. The van der Waals surface area contributed by atoms with Crippen molar-refractivity contribution >= 4 is 44.7 Å². The number of fused-ring (bicyclic) bond motifs is 1. The Morgan fingerprint density at radius 3 is 3.00 bits per heavy atom. The number of aromatic nitrogens is 3. The van der Waals surface area contributed by atoms with Gasteiger partial charge in [-0.3, -0.25) is 0 Å². The van der Waals surface area contributed by atoms with Crippen LogP contribution in [0.2, 0.25) is 0 Å². The Kier molecular flexibility index (Phi) is 3.58. The summed E-state index contributed by atoms with van der Waals surface area (Å²) in [5.74, 6) is 0. The average Bonchev–Trinajstić information content (AvgIpc) is 2.96. The lowest BCUT2D eigenvalue weighted by molar-refractivity contribution is 0.924. The Morgan fingerprint density at radius 1 is 1.33 bits per heavy atom. The van der Waals surface area contributed by atoms with E-state index in [0.29, 0.717) is 5.25 Å². The van der Waals surface area contributed by atoms with E-state index < -0.39 is 0 Å². The fourth-order valence-corrected chi connectivity index (χ4v) is 4.69. The van der Waals surface area contributed by atoms with Crippen molar-refractivity contribution < 1.29 is 0 Å². The van der Waals surface area contributed by atoms with Crippen molar-refractivity contribution in [2.45, 2.75) is 22.9 Å². The highest BCUT2D eigenvalue weighted by molar-refractivity contribution is 8.01. The van der Waals surface area contributed by atoms with E-state index in [1.807, 2.05) is 6.07 Å². The van der Waals surface area contributed by atoms with E-state index in [2.05, 4.69) is 40.3 Å². The molecule has 0 saturated heterocycles. The van der Waals surface area contributed by atoms with Gasteiger partial charge < -0.3 is 0 Å². The minimum absolute atomic E-state index is 0.471. The van der Waals surface area contributed by atoms with Crippen molar-refractivity contribution in [2.24, 2.45) is 0 Å². The van der Waals surface area contributed by atoms with Gasteiger partial charge >= 0.3 is 0 Å². The van der Waals surface area contributed by atoms with Gasteiger partial charge in [-0.1, -0.05) is 42.2 Å². The number of thioether (sulfide) groups is 1. The number of hydrogen-bond donors (Lipinski definition) is 0. The molecule has 0 fully saturated rings. The van der Waals surface area contributed by atoms with Crippen LogP contribution < -0.4 is 0 Å². The molecule has 0 aliphatic rings. The fraction of sp³-hybridized carbons (Fsp3) is 0.250. The molecule has 2 aromatic heterocycles. The van der Waals surface area contributed by atoms with Crippen LogP contribution in [0.3, 0.4) is 0 Å². The van der Waals surface area contributed by atoms with Gasteiger partial charge in [-0.25, -0.2) is 4.98 Å². The first-order valence-electron chi connectivity index (χ1n) is 5.58. The third kappa shape index (κ3) is 2.71. The van der Waals surface area contributed by atoms with E-state index in [4.69, 9.17) is 0 Å². The summed E-state index contributed by atoms with van der Waals surface area (Å²) in [7, 11) is 0. The van der Waals surface area contributed by atoms with Crippen LogP contribution in [0.25, 0.3) is 10.2 Å². The van der Waals surface area contributed by atoms with Crippen LogP contribution in [-0.4, -0.2) is 20.4 Å². The number of benzene rings is 1. The lowest BCUT2D eigenvalue weighted by atomic mass is 10.3. The third-order valence-corrected chi connectivity index (χ3v) is 5.41. The van der Waals surface area contributed by atoms with Crippen molar-refractivity contribution in [1.29, 1.82) is 0 Å². The molecule has 1 aromatic carbocycles. The summed E-state index contributed by atoms with van der Waals surface area (Å²) in [6.45, 7) is 2.21. The fourth-order valence-electron chi connectivity index (χ4n) is 1.68. The zero-order chi connectivity index (χ0) is 12.4. The van der Waals surface area contributed by atoms with Crippen LogP contribution in [0, 0.1) is 0 Å². The van der Waals surface area contributed by atoms with Crippen LogP contribution in [-0.2, 0) is 6.42 Å². The molecule has 3 aromatic rings. The van der Waals surface area contributed by atoms with Gasteiger partial charge in [0, 0.05) is 11.7 Å². The molecule has 3 rings (SSSR count). The SMILES string of the molecule is C[C@@H](Cc1nc2ccccc2s1)Sc1nncs1. The largest absolute Gasteiger partial charge is 0.241 e.